The number of benzene rings is 1. The zero-order chi connectivity index (χ0) is 13.5. The number of nitrogens with two attached hydrogens (primary N) is 1. The van der Waals surface area contributed by atoms with Gasteiger partial charge in [0.1, 0.15) is 6.07 Å². The minimum atomic E-state index is -0.438. The van der Waals surface area contributed by atoms with Crippen LogP contribution in [0, 0.1) is 16.7 Å². The van der Waals surface area contributed by atoms with Crippen LogP contribution >= 0.6 is 0 Å². The summed E-state index contributed by atoms with van der Waals surface area (Å²) in [5.74, 6) is -0.859. The molecule has 1 aromatic rings. The van der Waals surface area contributed by atoms with Gasteiger partial charge < -0.3 is 10.5 Å². The second-order valence-electron chi connectivity index (χ2n) is 3.17. The maximum absolute atomic E-state index is 11.2. The fourth-order valence-corrected chi connectivity index (χ4v) is 1.06. The molecule has 0 unspecified atom stereocenters. The smallest absolute Gasteiger partial charge is 0.337 e. The molecule has 0 aliphatic carbocycles. The van der Waals surface area contributed by atoms with E-state index in [4.69, 9.17) is 16.4 Å². The number of nitrogens with one attached hydrogen (secondary N) is 2. The number of nitrogens with zero attached hydrogens (tertiary/aromatic N) is 2. The van der Waals surface area contributed by atoms with E-state index in [1.165, 1.54) is 7.11 Å². The maximum Gasteiger partial charge on any atom is 0.337 e. The highest BCUT2D eigenvalue weighted by molar-refractivity contribution is 6.45. The standard InChI is InChI=1S/C11H11N5O2/c1-18-11(17)7-2-4-8(5-3-7)15-16-9(6-12)10(13)14/h2-5,15H,1H3,(H3,13,14)/b16-9+. The van der Waals surface area contributed by atoms with E-state index in [0.29, 0.717) is 11.3 Å². The average Bonchev–Trinajstić information content (AvgIpc) is 2.39. The third kappa shape index (κ3) is 3.31. The largest absolute Gasteiger partial charge is 0.465 e. The maximum atomic E-state index is 11.2. The normalized spacial score (nSPS) is 10.3. The number of methoxy groups -OCH3 is 1. The zero-order valence-corrected chi connectivity index (χ0v) is 9.60. The highest BCUT2D eigenvalue weighted by Crippen LogP contribution is 2.10. The van der Waals surface area contributed by atoms with Crippen molar-refractivity contribution in [3.63, 3.8) is 0 Å². The van der Waals surface area contributed by atoms with Crippen LogP contribution in [0.25, 0.3) is 0 Å². The fourth-order valence-electron chi connectivity index (χ4n) is 1.06. The van der Waals surface area contributed by atoms with Gasteiger partial charge in [0, 0.05) is 0 Å². The monoisotopic (exact) mass is 245 g/mol. The molecule has 0 atom stereocenters. The zero-order valence-electron chi connectivity index (χ0n) is 9.60. The van der Waals surface area contributed by atoms with Crippen LogP contribution in [-0.2, 0) is 4.74 Å². The van der Waals surface area contributed by atoms with Crippen molar-refractivity contribution in [3.8, 4) is 6.07 Å². The molecule has 0 spiro atoms. The molecule has 0 aliphatic rings. The van der Waals surface area contributed by atoms with Crippen molar-refractivity contribution in [2.75, 3.05) is 12.5 Å². The lowest BCUT2D eigenvalue weighted by molar-refractivity contribution is 0.0601. The number of carbonyl (C=O) groups excluding carboxylic acids is 1. The number of rotatable bonds is 4. The van der Waals surface area contributed by atoms with Gasteiger partial charge in [-0.3, -0.25) is 10.8 Å². The molecule has 0 amide bonds. The van der Waals surface area contributed by atoms with Gasteiger partial charge in [-0.25, -0.2) is 4.79 Å². The van der Waals surface area contributed by atoms with Crippen molar-refractivity contribution < 1.29 is 9.53 Å². The van der Waals surface area contributed by atoms with Gasteiger partial charge in [-0.05, 0) is 24.3 Å². The van der Waals surface area contributed by atoms with Gasteiger partial charge in [0.05, 0.1) is 18.4 Å². The molecule has 0 fully saturated rings. The Morgan fingerprint density at radius 2 is 2.11 bits per heavy atom. The first-order valence-electron chi connectivity index (χ1n) is 4.85. The second-order valence-corrected chi connectivity index (χ2v) is 3.17. The summed E-state index contributed by atoms with van der Waals surface area (Å²) in [5, 5.41) is 19.3. The molecule has 92 valence electrons. The Morgan fingerprint density at radius 1 is 1.50 bits per heavy atom. The Labute approximate surface area is 103 Å². The van der Waals surface area contributed by atoms with Crippen molar-refractivity contribution in [1.82, 2.24) is 0 Å². The van der Waals surface area contributed by atoms with Gasteiger partial charge >= 0.3 is 5.97 Å². The van der Waals surface area contributed by atoms with Crippen LogP contribution in [0.4, 0.5) is 5.69 Å². The van der Waals surface area contributed by atoms with Crippen LogP contribution in [0.15, 0.2) is 29.4 Å². The molecule has 1 rings (SSSR count). The Morgan fingerprint density at radius 3 is 2.56 bits per heavy atom. The van der Waals surface area contributed by atoms with Gasteiger partial charge in [-0.2, -0.15) is 10.4 Å². The highest BCUT2D eigenvalue weighted by Gasteiger charge is 2.04. The van der Waals surface area contributed by atoms with Crippen LogP contribution < -0.4 is 11.2 Å². The summed E-state index contributed by atoms with van der Waals surface area (Å²) in [6.45, 7) is 0. The summed E-state index contributed by atoms with van der Waals surface area (Å²) < 4.78 is 4.55. The first-order valence-corrected chi connectivity index (χ1v) is 4.85. The number of anilines is 1. The molecule has 0 heterocycles. The Balaban J connectivity index is 2.79. The molecule has 4 N–H and O–H groups in total. The van der Waals surface area contributed by atoms with Crippen molar-refractivity contribution in [2.45, 2.75) is 0 Å². The molecule has 0 saturated carbocycles. The van der Waals surface area contributed by atoms with Gasteiger partial charge in [0.25, 0.3) is 0 Å². The van der Waals surface area contributed by atoms with E-state index in [-0.39, 0.29) is 5.71 Å². The van der Waals surface area contributed by atoms with Crippen molar-refractivity contribution in [3.05, 3.63) is 29.8 Å². The number of amidine groups is 1. The predicted octanol–water partition coefficient (Wildman–Crippen LogP) is 0.701. The molecule has 0 radical (unpaired) electrons. The number of hydrazone groups is 1. The summed E-state index contributed by atoms with van der Waals surface area (Å²) in [4.78, 5) is 11.2. The highest BCUT2D eigenvalue weighted by atomic mass is 16.5. The number of esters is 1. The van der Waals surface area contributed by atoms with Gasteiger partial charge in [-0.15, -0.1) is 0 Å². The number of carbonyl (C=O) groups is 1. The summed E-state index contributed by atoms with van der Waals surface area (Å²) >= 11 is 0. The van der Waals surface area contributed by atoms with Gasteiger partial charge in [-0.1, -0.05) is 0 Å². The Kier molecular flexibility index (Phi) is 4.40. The molecular weight excluding hydrogens is 234 g/mol. The van der Waals surface area contributed by atoms with Gasteiger partial charge in [0.15, 0.2) is 5.84 Å². The summed E-state index contributed by atoms with van der Waals surface area (Å²) in [6.07, 6.45) is 0. The van der Waals surface area contributed by atoms with E-state index in [9.17, 15) is 4.79 Å². The van der Waals surface area contributed by atoms with Crippen LogP contribution in [-0.4, -0.2) is 24.6 Å². The Bertz CT molecular complexity index is 527. The molecule has 7 heteroatoms. The van der Waals surface area contributed by atoms with E-state index < -0.39 is 11.8 Å². The lowest BCUT2D eigenvalue weighted by Crippen LogP contribution is -2.21. The topological polar surface area (TPSA) is 124 Å². The van der Waals surface area contributed by atoms with Crippen molar-refractivity contribution in [1.29, 1.82) is 10.7 Å². The fraction of sp³-hybridized carbons (Fsp3) is 0.0909. The lowest BCUT2D eigenvalue weighted by atomic mass is 10.2. The first-order chi connectivity index (χ1) is 8.58. The number of hydrogen-bond donors (Lipinski definition) is 3. The SMILES string of the molecule is COC(=O)c1ccc(N/N=C(\C#N)C(=N)N)cc1. The Hall–Kier alpha value is -2.88. The third-order valence-corrected chi connectivity index (χ3v) is 1.96. The van der Waals surface area contributed by atoms with Crippen molar-refractivity contribution in [2.24, 2.45) is 10.8 Å². The molecule has 0 aliphatic heterocycles. The van der Waals surface area contributed by atoms with E-state index in [1.807, 2.05) is 0 Å². The molecule has 0 aromatic heterocycles. The van der Waals surface area contributed by atoms with Crippen molar-refractivity contribution >= 4 is 23.2 Å². The van der Waals surface area contributed by atoms with E-state index in [0.717, 1.165) is 0 Å². The summed E-state index contributed by atoms with van der Waals surface area (Å²) in [5.41, 5.74) is 8.41. The quantitative estimate of drug-likeness (QED) is 0.311. The van der Waals surface area contributed by atoms with Crippen LogP contribution in [0.5, 0.6) is 0 Å². The number of ether oxygens (including phenoxy) is 1. The van der Waals surface area contributed by atoms with Gasteiger partial charge in [0.2, 0.25) is 5.71 Å². The molecular formula is C11H11N5O2. The third-order valence-electron chi connectivity index (χ3n) is 1.96. The number of hydrogen-bond acceptors (Lipinski definition) is 6. The predicted molar refractivity (Wildman–Crippen MR) is 66.4 cm³/mol. The molecule has 18 heavy (non-hydrogen) atoms. The first kappa shape index (κ1) is 13.2. The van der Waals surface area contributed by atoms with Crippen LogP contribution in [0.1, 0.15) is 10.4 Å². The second kappa shape index (κ2) is 6.00. The van der Waals surface area contributed by atoms with E-state index in [2.05, 4.69) is 15.3 Å². The molecule has 7 nitrogen and oxygen atoms in total. The van der Waals surface area contributed by atoms with Crippen LogP contribution in [0.2, 0.25) is 0 Å². The lowest BCUT2D eigenvalue weighted by Gasteiger charge is -2.02. The van der Waals surface area contributed by atoms with E-state index >= 15 is 0 Å². The summed E-state index contributed by atoms with van der Waals surface area (Å²) in [6, 6.07) is 7.94. The molecule has 0 saturated heterocycles. The molecule has 0 bridgehead atoms. The average molecular weight is 245 g/mol. The minimum absolute atomic E-state index is 0.216. The van der Waals surface area contributed by atoms with Crippen LogP contribution in [0.3, 0.4) is 0 Å². The number of nitriles is 1. The van der Waals surface area contributed by atoms with E-state index in [1.54, 1.807) is 30.3 Å². The molecule has 1 aromatic carbocycles. The summed E-state index contributed by atoms with van der Waals surface area (Å²) in [7, 11) is 1.30. The minimum Gasteiger partial charge on any atom is -0.465 e.